The number of aliphatic carboxylic acids is 1. The molecule has 4 N–H and O–H groups in total. The minimum Gasteiger partial charge on any atom is -0.504 e. The number of nitrogens with one attached hydrogen (secondary N) is 1. The average Bonchev–Trinajstić information content (AvgIpc) is 2.67. The number of benzene rings is 2. The summed E-state index contributed by atoms with van der Waals surface area (Å²) in [4.78, 5) is 10.8. The first-order valence-electron chi connectivity index (χ1n) is 9.15. The number of aliphatic hydroxyl groups excluding tert-OH is 1. The highest BCUT2D eigenvalue weighted by Crippen LogP contribution is 2.24. The van der Waals surface area contributed by atoms with Gasteiger partial charge in [0.25, 0.3) is 0 Å². The van der Waals surface area contributed by atoms with E-state index in [-0.39, 0.29) is 18.4 Å². The van der Waals surface area contributed by atoms with Gasteiger partial charge in [0.2, 0.25) is 0 Å². The van der Waals surface area contributed by atoms with Crippen LogP contribution in [0.4, 0.5) is 0 Å². The molecule has 0 aliphatic rings. The molecule has 2 aromatic rings. The molecule has 7 heteroatoms. The molecule has 0 heterocycles. The van der Waals surface area contributed by atoms with Crippen molar-refractivity contribution in [3.8, 4) is 17.2 Å². The van der Waals surface area contributed by atoms with E-state index in [0.717, 1.165) is 12.0 Å². The van der Waals surface area contributed by atoms with E-state index in [9.17, 15) is 15.0 Å². The predicted molar refractivity (Wildman–Crippen MR) is 105 cm³/mol. The molecule has 0 saturated heterocycles. The zero-order chi connectivity index (χ0) is 20.5. The van der Waals surface area contributed by atoms with Gasteiger partial charge in [0.15, 0.2) is 17.6 Å². The summed E-state index contributed by atoms with van der Waals surface area (Å²) in [6.07, 6.45) is -0.870. The van der Waals surface area contributed by atoms with Gasteiger partial charge in [0, 0.05) is 12.6 Å². The first kappa shape index (κ1) is 21.5. The Labute approximate surface area is 164 Å². The van der Waals surface area contributed by atoms with Crippen LogP contribution in [0.2, 0.25) is 0 Å². The number of ether oxygens (including phenoxy) is 2. The number of para-hydroxylation sites is 2. The Kier molecular flexibility index (Phi) is 8.10. The van der Waals surface area contributed by atoms with Crippen LogP contribution in [0.15, 0.2) is 48.5 Å². The molecule has 0 fully saturated rings. The quantitative estimate of drug-likeness (QED) is 0.467. The number of phenolic OH excluding ortho intramolecular Hbond substituents is 1. The van der Waals surface area contributed by atoms with Gasteiger partial charge in [0.1, 0.15) is 18.5 Å². The van der Waals surface area contributed by atoms with E-state index in [1.54, 1.807) is 30.3 Å². The smallest absolute Gasteiger partial charge is 0.344 e. The third-order valence-electron chi connectivity index (χ3n) is 4.12. The Morgan fingerprint density at radius 3 is 2.43 bits per heavy atom. The minimum absolute atomic E-state index is 0.0428. The fourth-order valence-corrected chi connectivity index (χ4v) is 2.55. The molecule has 152 valence electrons. The van der Waals surface area contributed by atoms with E-state index < -0.39 is 18.2 Å². The van der Waals surface area contributed by atoms with Gasteiger partial charge in [-0.25, -0.2) is 4.79 Å². The molecule has 0 bridgehead atoms. The van der Waals surface area contributed by atoms with Crippen molar-refractivity contribution in [3.63, 3.8) is 0 Å². The van der Waals surface area contributed by atoms with Gasteiger partial charge >= 0.3 is 5.97 Å². The highest BCUT2D eigenvalue weighted by molar-refractivity contribution is 5.72. The maximum atomic E-state index is 10.8. The zero-order valence-corrected chi connectivity index (χ0v) is 16.0. The number of phenols is 1. The number of hydrogen-bond donors (Lipinski definition) is 4. The standard InChI is InChI=1S/C21H27NO6/c1-14(11-16-7-9-18(10-8-16)28-15(2)21(25)26)22-12-17(23)13-27-20-6-4-3-5-19(20)24/h3-10,14-15,17,22-24H,11-13H2,1-2H3,(H,25,26)/t14?,15-,17+/m0/s1. The molecule has 0 spiro atoms. The number of aromatic hydroxyl groups is 1. The number of aliphatic hydroxyl groups is 1. The maximum absolute atomic E-state index is 10.8. The lowest BCUT2D eigenvalue weighted by Gasteiger charge is -2.18. The number of carboxylic acids is 1. The highest BCUT2D eigenvalue weighted by atomic mass is 16.5. The van der Waals surface area contributed by atoms with E-state index in [4.69, 9.17) is 14.6 Å². The Bertz CT molecular complexity index is 749. The molecular weight excluding hydrogens is 362 g/mol. The third kappa shape index (κ3) is 7.09. The van der Waals surface area contributed by atoms with Crippen molar-refractivity contribution in [1.82, 2.24) is 5.32 Å². The van der Waals surface area contributed by atoms with Gasteiger partial charge in [-0.1, -0.05) is 24.3 Å². The Morgan fingerprint density at radius 1 is 1.11 bits per heavy atom. The van der Waals surface area contributed by atoms with Crippen molar-refractivity contribution in [2.75, 3.05) is 13.2 Å². The van der Waals surface area contributed by atoms with E-state index in [2.05, 4.69) is 5.32 Å². The van der Waals surface area contributed by atoms with Crippen LogP contribution in [0.25, 0.3) is 0 Å². The zero-order valence-electron chi connectivity index (χ0n) is 16.0. The second kappa shape index (κ2) is 10.5. The van der Waals surface area contributed by atoms with Crippen molar-refractivity contribution in [2.45, 2.75) is 38.5 Å². The topological polar surface area (TPSA) is 108 Å². The Hall–Kier alpha value is -2.77. The Balaban J connectivity index is 1.72. The second-order valence-electron chi connectivity index (χ2n) is 6.69. The highest BCUT2D eigenvalue weighted by Gasteiger charge is 2.13. The molecule has 2 aromatic carbocycles. The van der Waals surface area contributed by atoms with Crippen molar-refractivity contribution < 1.29 is 29.6 Å². The van der Waals surface area contributed by atoms with Crippen LogP contribution in [0.5, 0.6) is 17.2 Å². The lowest BCUT2D eigenvalue weighted by atomic mass is 10.1. The fourth-order valence-electron chi connectivity index (χ4n) is 2.55. The number of hydrogen-bond acceptors (Lipinski definition) is 6. The summed E-state index contributed by atoms with van der Waals surface area (Å²) in [6, 6.07) is 14.0. The summed E-state index contributed by atoms with van der Waals surface area (Å²) in [6.45, 7) is 3.92. The molecule has 3 atom stereocenters. The van der Waals surface area contributed by atoms with Gasteiger partial charge in [-0.05, 0) is 50.1 Å². The van der Waals surface area contributed by atoms with Crippen molar-refractivity contribution in [1.29, 1.82) is 0 Å². The minimum atomic E-state index is -1.01. The molecular formula is C21H27NO6. The Morgan fingerprint density at radius 2 is 1.79 bits per heavy atom. The summed E-state index contributed by atoms with van der Waals surface area (Å²) in [5.41, 5.74) is 1.07. The van der Waals surface area contributed by atoms with E-state index >= 15 is 0 Å². The van der Waals surface area contributed by atoms with Crippen LogP contribution in [-0.2, 0) is 11.2 Å². The molecule has 0 amide bonds. The van der Waals surface area contributed by atoms with Gasteiger partial charge in [-0.3, -0.25) is 0 Å². The number of carboxylic acid groups (broad SMARTS) is 1. The van der Waals surface area contributed by atoms with Gasteiger partial charge in [-0.2, -0.15) is 0 Å². The van der Waals surface area contributed by atoms with Gasteiger partial charge in [-0.15, -0.1) is 0 Å². The number of rotatable bonds is 11. The molecule has 0 radical (unpaired) electrons. The summed E-state index contributed by atoms with van der Waals surface area (Å²) in [7, 11) is 0. The molecule has 0 aliphatic carbocycles. The molecule has 0 aliphatic heterocycles. The molecule has 28 heavy (non-hydrogen) atoms. The van der Waals surface area contributed by atoms with Crippen LogP contribution in [0.1, 0.15) is 19.4 Å². The lowest BCUT2D eigenvalue weighted by molar-refractivity contribution is -0.144. The lowest BCUT2D eigenvalue weighted by Crippen LogP contribution is -2.37. The SMILES string of the molecule is CC(Cc1ccc(O[C@@H](C)C(=O)O)cc1)NC[C@@H](O)COc1ccccc1O. The normalized spacial score (nSPS) is 14.1. The van der Waals surface area contributed by atoms with Crippen LogP contribution < -0.4 is 14.8 Å². The molecule has 0 saturated carbocycles. The monoisotopic (exact) mass is 389 g/mol. The molecule has 0 aromatic heterocycles. The third-order valence-corrected chi connectivity index (χ3v) is 4.12. The molecule has 2 rings (SSSR count). The van der Waals surface area contributed by atoms with E-state index in [1.165, 1.54) is 13.0 Å². The summed E-state index contributed by atoms with van der Waals surface area (Å²) in [5, 5.41) is 31.8. The maximum Gasteiger partial charge on any atom is 0.344 e. The van der Waals surface area contributed by atoms with E-state index in [1.807, 2.05) is 19.1 Å². The van der Waals surface area contributed by atoms with E-state index in [0.29, 0.717) is 18.0 Å². The van der Waals surface area contributed by atoms with Crippen molar-refractivity contribution in [3.05, 3.63) is 54.1 Å². The molecule has 1 unspecified atom stereocenters. The largest absolute Gasteiger partial charge is 0.504 e. The number of carbonyl (C=O) groups is 1. The van der Waals surface area contributed by atoms with Crippen molar-refractivity contribution in [2.24, 2.45) is 0 Å². The second-order valence-corrected chi connectivity index (χ2v) is 6.69. The fraction of sp³-hybridized carbons (Fsp3) is 0.381. The van der Waals surface area contributed by atoms with Crippen LogP contribution >= 0.6 is 0 Å². The van der Waals surface area contributed by atoms with Crippen molar-refractivity contribution >= 4 is 5.97 Å². The summed E-state index contributed by atoms with van der Waals surface area (Å²) < 4.78 is 10.7. The predicted octanol–water partition coefficient (Wildman–Crippen LogP) is 2.20. The van der Waals surface area contributed by atoms with Crippen LogP contribution in [0, 0.1) is 0 Å². The average molecular weight is 389 g/mol. The van der Waals surface area contributed by atoms with Crippen LogP contribution in [0.3, 0.4) is 0 Å². The van der Waals surface area contributed by atoms with Gasteiger partial charge < -0.3 is 30.1 Å². The van der Waals surface area contributed by atoms with Gasteiger partial charge in [0.05, 0.1) is 0 Å². The first-order chi connectivity index (χ1) is 13.3. The first-order valence-corrected chi connectivity index (χ1v) is 9.15. The summed E-state index contributed by atoms with van der Waals surface area (Å²) in [5.74, 6) is -0.113. The summed E-state index contributed by atoms with van der Waals surface area (Å²) >= 11 is 0. The van der Waals surface area contributed by atoms with Crippen LogP contribution in [-0.4, -0.2) is 52.7 Å². The molecule has 7 nitrogen and oxygen atoms in total.